The number of aliphatic hydroxyl groups excluding tert-OH is 1. The van der Waals surface area contributed by atoms with E-state index in [-0.39, 0.29) is 13.9 Å². The number of benzene rings is 3. The summed E-state index contributed by atoms with van der Waals surface area (Å²) in [5.41, 5.74) is 8.86. The van der Waals surface area contributed by atoms with Crippen molar-refractivity contribution in [2.24, 2.45) is 0 Å². The molecule has 0 spiro atoms. The van der Waals surface area contributed by atoms with Gasteiger partial charge in [-0.2, -0.15) is 0 Å². The van der Waals surface area contributed by atoms with Crippen LogP contribution in [0.3, 0.4) is 0 Å². The Hall–Kier alpha value is -0.960. The molecule has 0 bridgehead atoms. The van der Waals surface area contributed by atoms with Crippen LogP contribution in [0.1, 0.15) is 35.9 Å². The van der Waals surface area contributed by atoms with Gasteiger partial charge in [-0.3, -0.25) is 0 Å². The summed E-state index contributed by atoms with van der Waals surface area (Å²) in [4.78, 5) is 0. The van der Waals surface area contributed by atoms with Crippen molar-refractivity contribution in [2.75, 3.05) is 6.61 Å². The standard InChI is InChI=1S/C13H9.C11H11O.C2H7Si.2ClH.Zr/c1-3-7-12-10(5-1)9-11-6-2-4-8-13(11)12;12-8-7-10-6-5-9-3-1-2-4-11(9)10;1-3-2;;;/h1-9H;1-6,12H,7-8H2;3H,1-2H3;2*1H;/q;;;;;+2/p-2. The third kappa shape index (κ3) is 3.08. The number of halogens is 2. The monoisotopic (exact) mass is 543 g/mol. The van der Waals surface area contributed by atoms with Gasteiger partial charge in [0.05, 0.1) is 0 Å². The van der Waals surface area contributed by atoms with Crippen LogP contribution in [0.4, 0.5) is 0 Å². The summed E-state index contributed by atoms with van der Waals surface area (Å²) >= 11 is -4.57. The molecule has 2 aliphatic carbocycles. The summed E-state index contributed by atoms with van der Waals surface area (Å²) in [5, 5.41) is 9.71. The van der Waals surface area contributed by atoms with Gasteiger partial charge in [0, 0.05) is 0 Å². The van der Waals surface area contributed by atoms with Crippen LogP contribution in [0, 0.1) is 0 Å². The maximum absolute atomic E-state index is 9.71. The molecule has 0 radical (unpaired) electrons. The summed E-state index contributed by atoms with van der Waals surface area (Å²) in [6.07, 6.45) is 2.98. The van der Waals surface area contributed by atoms with E-state index in [4.69, 9.17) is 17.0 Å². The second-order valence-corrected chi connectivity index (χ2v) is 51.8. The van der Waals surface area contributed by atoms with Gasteiger partial charge in [-0.05, 0) is 0 Å². The van der Waals surface area contributed by atoms with E-state index < -0.39 is 21.5 Å². The third-order valence-electron chi connectivity index (χ3n) is 7.47. The molecule has 0 amide bonds. The van der Waals surface area contributed by atoms with Crippen LogP contribution >= 0.6 is 17.0 Å². The first-order valence-corrected chi connectivity index (χ1v) is 27.4. The Balaban J connectivity index is 1.80. The molecule has 31 heavy (non-hydrogen) atoms. The van der Waals surface area contributed by atoms with Gasteiger partial charge in [-0.25, -0.2) is 0 Å². The molecule has 2 aliphatic rings. The van der Waals surface area contributed by atoms with Crippen LogP contribution in [0.5, 0.6) is 0 Å². The van der Waals surface area contributed by atoms with Gasteiger partial charge in [-0.15, -0.1) is 0 Å². The fourth-order valence-corrected chi connectivity index (χ4v) is 34.5. The molecule has 5 heteroatoms. The van der Waals surface area contributed by atoms with E-state index in [1.807, 2.05) is 0 Å². The number of rotatable bonds is 5. The molecular formula is C26H27Cl2OSiZr. The molecule has 3 aromatic rings. The van der Waals surface area contributed by atoms with Crippen molar-refractivity contribution < 1.29 is 20.7 Å². The molecule has 0 fully saturated rings. The molecule has 1 nitrogen and oxygen atoms in total. The minimum absolute atomic E-state index is 0.0680. The molecule has 1 atom stereocenters. The summed E-state index contributed by atoms with van der Waals surface area (Å²) < 4.78 is 0.157. The third-order valence-corrected chi connectivity index (χ3v) is 59.2. The molecule has 0 saturated heterocycles. The van der Waals surface area contributed by atoms with Gasteiger partial charge in [0.25, 0.3) is 0 Å². The van der Waals surface area contributed by atoms with Crippen LogP contribution in [-0.2, 0) is 15.6 Å². The Morgan fingerprint density at radius 1 is 0.774 bits per heavy atom. The van der Waals surface area contributed by atoms with E-state index in [1.54, 1.807) is 0 Å². The normalized spacial score (nSPS) is 18.8. The van der Waals surface area contributed by atoms with Crippen LogP contribution in [0.25, 0.3) is 16.7 Å². The molecule has 5 rings (SSSR count). The number of aliphatic hydroxyl groups is 1. The van der Waals surface area contributed by atoms with Crippen LogP contribution in [-0.4, -0.2) is 17.6 Å². The number of fused-ring (bicyclic) bond motifs is 4. The molecule has 1 unspecified atom stereocenters. The minimum atomic E-state index is -4.57. The van der Waals surface area contributed by atoms with Gasteiger partial charge in [0.15, 0.2) is 0 Å². The SMILES string of the molecule is C[SiH](C)[Zr]([Cl])([Cl])([CH]1C=C(CCO)c2ccccc21)[CH]1c2ccccc2-c2ccccc21. The Kier molecular flexibility index (Phi) is 5.51. The van der Waals surface area contributed by atoms with Crippen molar-refractivity contribution in [1.29, 1.82) is 0 Å². The molecule has 0 aliphatic heterocycles. The van der Waals surface area contributed by atoms with Gasteiger partial charge in [0.1, 0.15) is 0 Å². The number of allylic oxidation sites excluding steroid dienone is 1. The summed E-state index contributed by atoms with van der Waals surface area (Å²) in [5.74, 6) is -1.51. The van der Waals surface area contributed by atoms with E-state index in [0.717, 1.165) is 0 Å². The Morgan fingerprint density at radius 3 is 1.77 bits per heavy atom. The Bertz CT molecular complexity index is 1160. The Labute approximate surface area is 193 Å². The van der Waals surface area contributed by atoms with Gasteiger partial charge >= 0.3 is 195 Å². The first-order chi connectivity index (χ1) is 14.9. The first-order valence-electron chi connectivity index (χ1n) is 11.0. The first kappa shape index (κ1) is 21.9. The molecule has 3 aromatic carbocycles. The molecule has 0 heterocycles. The van der Waals surface area contributed by atoms with Gasteiger partial charge in [0.2, 0.25) is 0 Å². The fourth-order valence-electron chi connectivity index (χ4n) is 5.86. The zero-order valence-electron chi connectivity index (χ0n) is 17.9. The predicted octanol–water partition coefficient (Wildman–Crippen LogP) is 7.26. The zero-order valence-corrected chi connectivity index (χ0v) is 23.0. The molecule has 0 aromatic heterocycles. The molecule has 0 saturated carbocycles. The van der Waals surface area contributed by atoms with Crippen LogP contribution < -0.4 is 0 Å². The van der Waals surface area contributed by atoms with Crippen LogP contribution in [0.15, 0.2) is 78.9 Å². The zero-order chi connectivity index (χ0) is 21.8. The van der Waals surface area contributed by atoms with Gasteiger partial charge in [-0.1, -0.05) is 0 Å². The molecular weight excluding hydrogens is 519 g/mol. The van der Waals surface area contributed by atoms with Crippen molar-refractivity contribution in [2.45, 2.75) is 26.8 Å². The van der Waals surface area contributed by atoms with Crippen molar-refractivity contribution in [3.05, 3.63) is 101 Å². The summed E-state index contributed by atoms with van der Waals surface area (Å²) in [7, 11) is 16.2. The predicted molar refractivity (Wildman–Crippen MR) is 133 cm³/mol. The van der Waals surface area contributed by atoms with Crippen molar-refractivity contribution in [3.8, 4) is 11.1 Å². The van der Waals surface area contributed by atoms with E-state index in [2.05, 4.69) is 92.0 Å². The van der Waals surface area contributed by atoms with Crippen molar-refractivity contribution >= 4 is 28.5 Å². The summed E-state index contributed by atoms with van der Waals surface area (Å²) in [6, 6.07) is 25.9. The fraction of sp³-hybridized carbons (Fsp3) is 0.231. The second kappa shape index (κ2) is 7.82. The van der Waals surface area contributed by atoms with Crippen molar-refractivity contribution in [1.82, 2.24) is 0 Å². The van der Waals surface area contributed by atoms with Crippen molar-refractivity contribution in [3.63, 3.8) is 0 Å². The maximum atomic E-state index is 9.71. The summed E-state index contributed by atoms with van der Waals surface area (Å²) in [6.45, 7) is 4.85. The van der Waals surface area contributed by atoms with E-state index >= 15 is 0 Å². The molecule has 159 valence electrons. The van der Waals surface area contributed by atoms with E-state index in [1.165, 1.54) is 39.0 Å². The average Bonchev–Trinajstić information content (AvgIpc) is 3.32. The average molecular weight is 546 g/mol. The molecule has 1 N–H and O–H groups in total. The second-order valence-electron chi connectivity index (χ2n) is 9.22. The quantitative estimate of drug-likeness (QED) is 0.335. The van der Waals surface area contributed by atoms with Gasteiger partial charge < -0.3 is 0 Å². The van der Waals surface area contributed by atoms with E-state index in [0.29, 0.717) is 6.42 Å². The van der Waals surface area contributed by atoms with E-state index in [9.17, 15) is 5.11 Å². The number of hydrogen-bond donors (Lipinski definition) is 1. The topological polar surface area (TPSA) is 20.2 Å². The Morgan fingerprint density at radius 2 is 1.26 bits per heavy atom. The number of hydrogen-bond acceptors (Lipinski definition) is 1. The van der Waals surface area contributed by atoms with Crippen LogP contribution in [0.2, 0.25) is 13.1 Å².